The smallest absolute Gasteiger partial charge is 0.328 e. The predicted octanol–water partition coefficient (Wildman–Crippen LogP) is 3.25. The largest absolute Gasteiger partial charge is 0.478 e. The van der Waals surface area contributed by atoms with Gasteiger partial charge in [-0.15, -0.1) is 0 Å². The van der Waals surface area contributed by atoms with Gasteiger partial charge in [0.2, 0.25) is 0 Å². The summed E-state index contributed by atoms with van der Waals surface area (Å²) in [6.45, 7) is 0. The SMILES string of the molecule is O=C(O)/C=C/c1cncc(Oc2ccc(F)c(F)c2)c1. The van der Waals surface area contributed by atoms with Crippen molar-refractivity contribution in [3.63, 3.8) is 0 Å². The number of hydrogen-bond donors (Lipinski definition) is 1. The second-order valence-electron chi connectivity index (χ2n) is 3.80. The summed E-state index contributed by atoms with van der Waals surface area (Å²) in [5.74, 6) is -2.67. The topological polar surface area (TPSA) is 59.4 Å². The first kappa shape index (κ1) is 13.7. The molecular weight excluding hydrogens is 268 g/mol. The van der Waals surface area contributed by atoms with Crippen LogP contribution in [0, 0.1) is 11.6 Å². The van der Waals surface area contributed by atoms with E-state index in [-0.39, 0.29) is 11.5 Å². The van der Waals surface area contributed by atoms with Gasteiger partial charge < -0.3 is 9.84 Å². The van der Waals surface area contributed by atoms with Crippen LogP contribution < -0.4 is 4.74 Å². The molecule has 0 spiro atoms. The lowest BCUT2D eigenvalue weighted by Crippen LogP contribution is -1.90. The molecule has 0 radical (unpaired) electrons. The molecule has 1 N–H and O–H groups in total. The number of carboxylic acids is 1. The average molecular weight is 277 g/mol. The summed E-state index contributed by atoms with van der Waals surface area (Å²) < 4.78 is 31.1. The standard InChI is InChI=1S/C14H9F2NO3/c15-12-3-2-10(6-13(12)16)20-11-5-9(7-17-8-11)1-4-14(18)19/h1-8H,(H,18,19)/b4-1+. The Morgan fingerprint density at radius 3 is 2.65 bits per heavy atom. The summed E-state index contributed by atoms with van der Waals surface area (Å²) in [6, 6.07) is 4.66. The number of aliphatic carboxylic acids is 1. The Balaban J connectivity index is 2.19. The van der Waals surface area contributed by atoms with E-state index >= 15 is 0 Å². The highest BCUT2D eigenvalue weighted by Crippen LogP contribution is 2.23. The van der Waals surface area contributed by atoms with Gasteiger partial charge in [-0.25, -0.2) is 13.6 Å². The zero-order valence-corrected chi connectivity index (χ0v) is 10.1. The first-order valence-corrected chi connectivity index (χ1v) is 5.53. The molecule has 0 saturated heterocycles. The van der Waals surface area contributed by atoms with Gasteiger partial charge >= 0.3 is 5.97 Å². The molecule has 2 aromatic rings. The maximum atomic E-state index is 13.0. The number of pyridine rings is 1. The van der Waals surface area contributed by atoms with E-state index in [1.165, 1.54) is 30.6 Å². The molecule has 0 amide bonds. The Morgan fingerprint density at radius 1 is 1.15 bits per heavy atom. The Kier molecular flexibility index (Phi) is 4.05. The van der Waals surface area contributed by atoms with E-state index in [9.17, 15) is 13.6 Å². The molecule has 1 aromatic carbocycles. The third kappa shape index (κ3) is 3.61. The molecule has 1 aromatic heterocycles. The summed E-state index contributed by atoms with van der Waals surface area (Å²) in [6.07, 6.45) is 5.11. The zero-order valence-electron chi connectivity index (χ0n) is 10.1. The van der Waals surface area contributed by atoms with Crippen LogP contribution in [0.2, 0.25) is 0 Å². The molecule has 0 aliphatic rings. The normalized spacial score (nSPS) is 10.7. The van der Waals surface area contributed by atoms with E-state index in [4.69, 9.17) is 9.84 Å². The lowest BCUT2D eigenvalue weighted by Gasteiger charge is -2.06. The van der Waals surface area contributed by atoms with E-state index in [0.717, 1.165) is 18.2 Å². The fourth-order valence-corrected chi connectivity index (χ4v) is 1.43. The summed E-state index contributed by atoms with van der Waals surface area (Å²) in [7, 11) is 0. The maximum Gasteiger partial charge on any atom is 0.328 e. The van der Waals surface area contributed by atoms with E-state index in [1.807, 2.05) is 0 Å². The van der Waals surface area contributed by atoms with E-state index in [1.54, 1.807) is 0 Å². The predicted molar refractivity (Wildman–Crippen MR) is 67.3 cm³/mol. The monoisotopic (exact) mass is 277 g/mol. The van der Waals surface area contributed by atoms with Crippen LogP contribution in [0.1, 0.15) is 5.56 Å². The Labute approximate surface area is 113 Å². The molecule has 2 rings (SSSR count). The van der Waals surface area contributed by atoms with Crippen molar-refractivity contribution in [3.05, 3.63) is 59.9 Å². The second kappa shape index (κ2) is 5.92. The van der Waals surface area contributed by atoms with Gasteiger partial charge in [0, 0.05) is 18.3 Å². The molecule has 0 unspecified atom stereocenters. The highest BCUT2D eigenvalue weighted by molar-refractivity contribution is 5.85. The highest BCUT2D eigenvalue weighted by Gasteiger charge is 2.04. The van der Waals surface area contributed by atoms with Gasteiger partial charge in [0.25, 0.3) is 0 Å². The van der Waals surface area contributed by atoms with Crippen LogP contribution in [0.5, 0.6) is 11.5 Å². The minimum atomic E-state index is -1.09. The van der Waals surface area contributed by atoms with E-state index in [0.29, 0.717) is 5.56 Å². The second-order valence-corrected chi connectivity index (χ2v) is 3.80. The van der Waals surface area contributed by atoms with Crippen LogP contribution in [0.3, 0.4) is 0 Å². The number of carboxylic acid groups (broad SMARTS) is 1. The molecule has 20 heavy (non-hydrogen) atoms. The lowest BCUT2D eigenvalue weighted by molar-refractivity contribution is -0.131. The maximum absolute atomic E-state index is 13.0. The van der Waals surface area contributed by atoms with Crippen LogP contribution >= 0.6 is 0 Å². The number of carbonyl (C=O) groups is 1. The molecular formula is C14H9F2NO3. The van der Waals surface area contributed by atoms with Crippen LogP contribution in [0.4, 0.5) is 8.78 Å². The summed E-state index contributed by atoms with van der Waals surface area (Å²) in [5.41, 5.74) is 0.507. The van der Waals surface area contributed by atoms with Crippen molar-refractivity contribution >= 4 is 12.0 Å². The minimum absolute atomic E-state index is 0.116. The lowest BCUT2D eigenvalue weighted by atomic mass is 10.2. The third-order valence-corrected chi connectivity index (χ3v) is 2.28. The van der Waals surface area contributed by atoms with Crippen molar-refractivity contribution in [1.29, 1.82) is 0 Å². The van der Waals surface area contributed by atoms with Gasteiger partial charge in [0.15, 0.2) is 11.6 Å². The van der Waals surface area contributed by atoms with Crippen molar-refractivity contribution in [2.24, 2.45) is 0 Å². The van der Waals surface area contributed by atoms with Crippen molar-refractivity contribution in [2.75, 3.05) is 0 Å². The van der Waals surface area contributed by atoms with Gasteiger partial charge in [0.1, 0.15) is 11.5 Å². The Bertz CT molecular complexity index is 671. The van der Waals surface area contributed by atoms with Crippen LogP contribution in [-0.4, -0.2) is 16.1 Å². The fourth-order valence-electron chi connectivity index (χ4n) is 1.43. The van der Waals surface area contributed by atoms with Crippen LogP contribution in [0.25, 0.3) is 6.08 Å². The summed E-state index contributed by atoms with van der Waals surface area (Å²) >= 11 is 0. The number of aromatic nitrogens is 1. The summed E-state index contributed by atoms with van der Waals surface area (Å²) in [5, 5.41) is 8.52. The molecule has 1 heterocycles. The summed E-state index contributed by atoms with van der Waals surface area (Å²) in [4.78, 5) is 14.3. The van der Waals surface area contributed by atoms with Gasteiger partial charge in [-0.2, -0.15) is 0 Å². The molecule has 102 valence electrons. The van der Waals surface area contributed by atoms with E-state index < -0.39 is 17.6 Å². The van der Waals surface area contributed by atoms with Crippen molar-refractivity contribution in [1.82, 2.24) is 4.98 Å². The number of rotatable bonds is 4. The first-order valence-electron chi connectivity index (χ1n) is 5.53. The van der Waals surface area contributed by atoms with Gasteiger partial charge in [0.05, 0.1) is 6.20 Å². The average Bonchev–Trinajstić information content (AvgIpc) is 2.41. The highest BCUT2D eigenvalue weighted by atomic mass is 19.2. The minimum Gasteiger partial charge on any atom is -0.478 e. The number of ether oxygens (including phenoxy) is 1. The van der Waals surface area contributed by atoms with Gasteiger partial charge in [-0.05, 0) is 29.8 Å². The van der Waals surface area contributed by atoms with Crippen molar-refractivity contribution in [2.45, 2.75) is 0 Å². The molecule has 0 atom stereocenters. The van der Waals surface area contributed by atoms with Gasteiger partial charge in [-0.3, -0.25) is 4.98 Å². The Morgan fingerprint density at radius 2 is 1.95 bits per heavy atom. The molecule has 6 heteroatoms. The number of benzene rings is 1. The van der Waals surface area contributed by atoms with E-state index in [2.05, 4.69) is 4.98 Å². The quantitative estimate of drug-likeness (QED) is 0.871. The Hall–Kier alpha value is -2.76. The zero-order chi connectivity index (χ0) is 14.5. The van der Waals surface area contributed by atoms with Crippen molar-refractivity contribution in [3.8, 4) is 11.5 Å². The number of hydrogen-bond acceptors (Lipinski definition) is 3. The fraction of sp³-hybridized carbons (Fsp3) is 0. The number of halogens is 2. The molecule has 0 saturated carbocycles. The molecule has 4 nitrogen and oxygen atoms in total. The third-order valence-electron chi connectivity index (χ3n) is 2.28. The molecule has 0 fully saturated rings. The van der Waals surface area contributed by atoms with Crippen LogP contribution in [0.15, 0.2) is 42.7 Å². The first-order chi connectivity index (χ1) is 9.54. The molecule has 0 bridgehead atoms. The van der Waals surface area contributed by atoms with Gasteiger partial charge in [-0.1, -0.05) is 0 Å². The van der Waals surface area contributed by atoms with Crippen LogP contribution in [-0.2, 0) is 4.79 Å². The van der Waals surface area contributed by atoms with Crippen molar-refractivity contribution < 1.29 is 23.4 Å². The molecule has 0 aliphatic carbocycles. The molecule has 0 aliphatic heterocycles. The number of nitrogens with zero attached hydrogens (tertiary/aromatic N) is 1.